The third kappa shape index (κ3) is 6.11. The molecule has 23 heavy (non-hydrogen) atoms. The maximum absolute atomic E-state index is 12.0. The van der Waals surface area contributed by atoms with Gasteiger partial charge in [0.25, 0.3) is 0 Å². The van der Waals surface area contributed by atoms with Gasteiger partial charge in [-0.1, -0.05) is 6.92 Å². The first-order valence-electron chi connectivity index (χ1n) is 9.06. The van der Waals surface area contributed by atoms with E-state index in [1.165, 1.54) is 6.42 Å². The highest BCUT2D eigenvalue weighted by Gasteiger charge is 2.23. The molecule has 0 aromatic heterocycles. The number of unbranched alkanes of at least 4 members (excludes halogenated alkanes) is 1. The second-order valence-electron chi connectivity index (χ2n) is 6.90. The molecular weight excluding hydrogens is 292 g/mol. The van der Waals surface area contributed by atoms with E-state index < -0.39 is 0 Å². The maximum Gasteiger partial charge on any atom is 0.236 e. The predicted molar refractivity (Wildman–Crippen MR) is 91.2 cm³/mol. The van der Waals surface area contributed by atoms with Gasteiger partial charge in [-0.3, -0.25) is 14.5 Å². The van der Waals surface area contributed by atoms with Crippen LogP contribution in [-0.4, -0.2) is 85.4 Å². The number of carbonyl (C=O) groups excluding carboxylic acids is 2. The molecule has 2 aliphatic heterocycles. The van der Waals surface area contributed by atoms with Crippen molar-refractivity contribution in [1.29, 1.82) is 0 Å². The van der Waals surface area contributed by atoms with Crippen LogP contribution in [0.2, 0.25) is 0 Å². The van der Waals surface area contributed by atoms with Crippen LogP contribution >= 0.6 is 0 Å². The number of likely N-dealkylation sites (tertiary alicyclic amines) is 1. The number of carbonyl (C=O) groups is 2. The molecule has 2 amide bonds. The summed E-state index contributed by atoms with van der Waals surface area (Å²) in [6.45, 7) is 8.65. The molecule has 6 heteroatoms. The van der Waals surface area contributed by atoms with E-state index in [2.05, 4.69) is 22.0 Å². The first-order valence-corrected chi connectivity index (χ1v) is 9.06. The van der Waals surface area contributed by atoms with Crippen molar-refractivity contribution < 1.29 is 9.59 Å². The second kappa shape index (κ2) is 9.23. The lowest BCUT2D eigenvalue weighted by Gasteiger charge is -2.31. The lowest BCUT2D eigenvalue weighted by molar-refractivity contribution is -0.134. The Kier molecular flexibility index (Phi) is 7.30. The van der Waals surface area contributed by atoms with Crippen LogP contribution in [0.1, 0.15) is 39.0 Å². The largest absolute Gasteiger partial charge is 0.352 e. The molecule has 1 atom stereocenters. The average Bonchev–Trinajstić information content (AvgIpc) is 2.95. The van der Waals surface area contributed by atoms with Gasteiger partial charge >= 0.3 is 0 Å². The third-order valence-electron chi connectivity index (χ3n) is 4.84. The number of nitrogens with zero attached hydrogens (tertiary/aromatic N) is 3. The highest BCUT2D eigenvalue weighted by Crippen LogP contribution is 2.10. The Hall–Kier alpha value is -1.14. The summed E-state index contributed by atoms with van der Waals surface area (Å²) >= 11 is 0. The summed E-state index contributed by atoms with van der Waals surface area (Å²) < 4.78 is 0. The first-order chi connectivity index (χ1) is 11.1. The van der Waals surface area contributed by atoms with E-state index in [0.29, 0.717) is 19.0 Å². The molecule has 132 valence electrons. The fourth-order valence-electron chi connectivity index (χ4n) is 3.39. The Balaban J connectivity index is 1.53. The summed E-state index contributed by atoms with van der Waals surface area (Å²) in [7, 11) is 1.86. The molecule has 0 radical (unpaired) electrons. The van der Waals surface area contributed by atoms with Crippen LogP contribution in [0.25, 0.3) is 0 Å². The van der Waals surface area contributed by atoms with Gasteiger partial charge in [-0.2, -0.15) is 0 Å². The van der Waals surface area contributed by atoms with Crippen LogP contribution < -0.4 is 5.32 Å². The molecular formula is C17H32N4O2. The van der Waals surface area contributed by atoms with Crippen molar-refractivity contribution in [3.05, 3.63) is 0 Å². The molecule has 0 aliphatic carbocycles. The van der Waals surface area contributed by atoms with E-state index in [0.717, 1.165) is 58.5 Å². The van der Waals surface area contributed by atoms with Gasteiger partial charge in [0.05, 0.1) is 6.54 Å². The molecule has 0 aromatic carbocycles. The van der Waals surface area contributed by atoms with Gasteiger partial charge in [-0.25, -0.2) is 0 Å². The standard InChI is InChI=1S/C17H32N4O2/c1-3-8-20-10-7-15(13-20)18-16(22)6-4-5-9-21-12-11-19(2)17(23)14-21/h15H,3-14H2,1-2H3,(H,18,22). The first kappa shape index (κ1) is 18.2. The maximum atomic E-state index is 12.0. The SMILES string of the molecule is CCCN1CCC(NC(=O)CCCCN2CCN(C)C(=O)C2)C1. The van der Waals surface area contributed by atoms with E-state index in [-0.39, 0.29) is 11.8 Å². The molecule has 2 fully saturated rings. The highest BCUT2D eigenvalue weighted by molar-refractivity contribution is 5.78. The van der Waals surface area contributed by atoms with E-state index >= 15 is 0 Å². The molecule has 0 spiro atoms. The van der Waals surface area contributed by atoms with Crippen LogP contribution in [-0.2, 0) is 9.59 Å². The second-order valence-corrected chi connectivity index (χ2v) is 6.90. The van der Waals surface area contributed by atoms with Crippen LogP contribution in [0.5, 0.6) is 0 Å². The number of amides is 2. The quantitative estimate of drug-likeness (QED) is 0.662. The normalized spacial score (nSPS) is 23.5. The Bertz CT molecular complexity index is 402. The van der Waals surface area contributed by atoms with Gasteiger partial charge in [-0.05, 0) is 38.8 Å². The van der Waals surface area contributed by atoms with Crippen molar-refractivity contribution in [2.45, 2.75) is 45.1 Å². The van der Waals surface area contributed by atoms with E-state index in [4.69, 9.17) is 0 Å². The monoisotopic (exact) mass is 324 g/mol. The molecule has 0 saturated carbocycles. The third-order valence-corrected chi connectivity index (χ3v) is 4.84. The zero-order chi connectivity index (χ0) is 16.7. The minimum Gasteiger partial charge on any atom is -0.352 e. The van der Waals surface area contributed by atoms with Gasteiger partial charge in [0.2, 0.25) is 11.8 Å². The molecule has 2 aliphatic rings. The van der Waals surface area contributed by atoms with Crippen molar-refractivity contribution in [3.63, 3.8) is 0 Å². The minimum atomic E-state index is 0.183. The molecule has 0 bridgehead atoms. The van der Waals surface area contributed by atoms with Gasteiger partial charge in [0.15, 0.2) is 0 Å². The van der Waals surface area contributed by atoms with Crippen LogP contribution in [0, 0.1) is 0 Å². The summed E-state index contributed by atoms with van der Waals surface area (Å²) in [5.74, 6) is 0.384. The van der Waals surface area contributed by atoms with E-state index in [9.17, 15) is 9.59 Å². The Morgan fingerprint density at radius 2 is 2.00 bits per heavy atom. The lowest BCUT2D eigenvalue weighted by atomic mass is 10.2. The number of nitrogens with one attached hydrogen (secondary N) is 1. The summed E-state index contributed by atoms with van der Waals surface area (Å²) in [4.78, 5) is 30.0. The Labute approximate surface area is 140 Å². The van der Waals surface area contributed by atoms with Crippen molar-refractivity contribution in [2.75, 3.05) is 52.9 Å². The zero-order valence-corrected chi connectivity index (χ0v) is 14.7. The van der Waals surface area contributed by atoms with Crippen LogP contribution in [0.4, 0.5) is 0 Å². The number of hydrogen-bond acceptors (Lipinski definition) is 4. The molecule has 2 heterocycles. The highest BCUT2D eigenvalue weighted by atomic mass is 16.2. The summed E-state index contributed by atoms with van der Waals surface area (Å²) in [5, 5.41) is 3.16. The van der Waals surface area contributed by atoms with Crippen LogP contribution in [0.3, 0.4) is 0 Å². The lowest BCUT2D eigenvalue weighted by Crippen LogP contribution is -2.48. The number of rotatable bonds is 8. The van der Waals surface area contributed by atoms with Crippen molar-refractivity contribution in [3.8, 4) is 0 Å². The molecule has 2 saturated heterocycles. The molecule has 2 rings (SSSR count). The molecule has 6 nitrogen and oxygen atoms in total. The van der Waals surface area contributed by atoms with Crippen LogP contribution in [0.15, 0.2) is 0 Å². The molecule has 1 unspecified atom stereocenters. The van der Waals surface area contributed by atoms with E-state index in [1.54, 1.807) is 4.90 Å². The fraction of sp³-hybridized carbons (Fsp3) is 0.882. The predicted octanol–water partition coefficient (Wildman–Crippen LogP) is 0.531. The summed E-state index contributed by atoms with van der Waals surface area (Å²) in [6.07, 6.45) is 4.74. The fourth-order valence-corrected chi connectivity index (χ4v) is 3.39. The van der Waals surface area contributed by atoms with Crippen molar-refractivity contribution >= 4 is 11.8 Å². The van der Waals surface area contributed by atoms with Crippen molar-refractivity contribution in [2.24, 2.45) is 0 Å². The summed E-state index contributed by atoms with van der Waals surface area (Å²) in [5.41, 5.74) is 0. The van der Waals surface area contributed by atoms with Gasteiger partial charge in [0, 0.05) is 45.7 Å². The summed E-state index contributed by atoms with van der Waals surface area (Å²) in [6, 6.07) is 0.337. The number of likely N-dealkylation sites (N-methyl/N-ethyl adjacent to an activating group) is 1. The van der Waals surface area contributed by atoms with Crippen molar-refractivity contribution in [1.82, 2.24) is 20.0 Å². The molecule has 0 aromatic rings. The molecule has 1 N–H and O–H groups in total. The Morgan fingerprint density at radius 1 is 1.17 bits per heavy atom. The van der Waals surface area contributed by atoms with Gasteiger partial charge < -0.3 is 15.1 Å². The van der Waals surface area contributed by atoms with Gasteiger partial charge in [0.1, 0.15) is 0 Å². The smallest absolute Gasteiger partial charge is 0.236 e. The van der Waals surface area contributed by atoms with E-state index in [1.807, 2.05) is 7.05 Å². The minimum absolute atomic E-state index is 0.183. The van der Waals surface area contributed by atoms with Gasteiger partial charge in [-0.15, -0.1) is 0 Å². The average molecular weight is 324 g/mol. The number of piperazine rings is 1. The topological polar surface area (TPSA) is 55.9 Å². The zero-order valence-electron chi connectivity index (χ0n) is 14.7. The number of hydrogen-bond donors (Lipinski definition) is 1. The Morgan fingerprint density at radius 3 is 2.74 bits per heavy atom.